The molecule has 0 aliphatic heterocycles. The average molecular weight is 807 g/mol. The number of nitrogens with zero attached hydrogens (tertiary/aromatic N) is 6. The summed E-state index contributed by atoms with van der Waals surface area (Å²) in [6.45, 7) is 0. The van der Waals surface area contributed by atoms with Crippen LogP contribution in [0.15, 0.2) is 211 Å². The Bertz CT molecular complexity index is 3840. The molecule has 4 aromatic heterocycles. The minimum absolute atomic E-state index is 0.533. The molecule has 0 N–H and O–H groups in total. The lowest BCUT2D eigenvalue weighted by Gasteiger charge is -2.13. The lowest BCUT2D eigenvalue weighted by atomic mass is 9.97. The van der Waals surface area contributed by atoms with E-state index in [0.29, 0.717) is 29.1 Å². The van der Waals surface area contributed by atoms with Crippen LogP contribution in [0.2, 0.25) is 0 Å². The maximum Gasteiger partial charge on any atom is 0.238 e. The summed E-state index contributed by atoms with van der Waals surface area (Å²) in [5, 5.41) is 6.85. The zero-order valence-corrected chi connectivity index (χ0v) is 33.7. The number of para-hydroxylation sites is 3. The molecule has 4 heterocycles. The molecule has 13 rings (SSSR count). The van der Waals surface area contributed by atoms with Crippen LogP contribution in [0.25, 0.3) is 122 Å². The van der Waals surface area contributed by atoms with E-state index in [2.05, 4.69) is 149 Å². The van der Waals surface area contributed by atoms with E-state index >= 15 is 0 Å². The quantitative estimate of drug-likeness (QED) is 0.167. The van der Waals surface area contributed by atoms with Gasteiger partial charge in [0.15, 0.2) is 17.2 Å². The Kier molecular flexibility index (Phi) is 7.77. The van der Waals surface area contributed by atoms with Crippen molar-refractivity contribution in [3.63, 3.8) is 0 Å². The first-order valence-electron chi connectivity index (χ1n) is 21.1. The van der Waals surface area contributed by atoms with Gasteiger partial charge in [0.1, 0.15) is 5.52 Å². The smallest absolute Gasteiger partial charge is 0.238 e. The predicted octanol–water partition coefficient (Wildman–Crippen LogP) is 14.0. The van der Waals surface area contributed by atoms with Crippen molar-refractivity contribution in [2.45, 2.75) is 0 Å². The van der Waals surface area contributed by atoms with Gasteiger partial charge in [-0.25, -0.2) is 9.97 Å². The summed E-state index contributed by atoms with van der Waals surface area (Å²) < 4.78 is 11.4. The number of aromatic nitrogens is 6. The number of hydrogen-bond acceptors (Lipinski definition) is 5. The Morgan fingerprint density at radius 1 is 0.349 bits per heavy atom. The fourth-order valence-electron chi connectivity index (χ4n) is 9.36. The third kappa shape index (κ3) is 5.53. The van der Waals surface area contributed by atoms with Gasteiger partial charge in [-0.1, -0.05) is 170 Å². The first-order valence-corrected chi connectivity index (χ1v) is 21.1. The number of benzene rings is 9. The summed E-state index contributed by atoms with van der Waals surface area (Å²) in [5.41, 5.74) is 11.5. The summed E-state index contributed by atoms with van der Waals surface area (Å²) >= 11 is 0. The van der Waals surface area contributed by atoms with Crippen molar-refractivity contribution < 1.29 is 4.42 Å². The highest BCUT2D eigenvalue weighted by atomic mass is 16.3. The topological polar surface area (TPSA) is 74.6 Å². The second-order valence-electron chi connectivity index (χ2n) is 15.8. The van der Waals surface area contributed by atoms with Crippen molar-refractivity contribution in [2.24, 2.45) is 0 Å². The lowest BCUT2D eigenvalue weighted by Crippen LogP contribution is -2.07. The van der Waals surface area contributed by atoms with E-state index in [-0.39, 0.29) is 0 Å². The largest absolute Gasteiger partial charge is 0.434 e. The third-order valence-corrected chi connectivity index (χ3v) is 12.2. The normalized spacial score (nSPS) is 11.8. The SMILES string of the molecule is c1ccc(-c2nc(-c3ccccc3)nc(-n3c4ccccc4c4ccc5c6ccccc6n(-c6cccc7nc(-c8ccc(-c9cccc%10ccccc9%10)cc8)oc67)c5c43)n2)cc1. The van der Waals surface area contributed by atoms with E-state index in [4.69, 9.17) is 24.4 Å². The number of oxazole rings is 1. The summed E-state index contributed by atoms with van der Waals surface area (Å²) in [6.07, 6.45) is 0. The molecule has 0 aliphatic rings. The lowest BCUT2D eigenvalue weighted by molar-refractivity contribution is 0.618. The van der Waals surface area contributed by atoms with Crippen molar-refractivity contribution in [1.82, 2.24) is 29.1 Å². The number of fused-ring (bicyclic) bond motifs is 9. The average Bonchev–Trinajstić information content (AvgIpc) is 4.05. The molecule has 0 fully saturated rings. The molecular formula is C56H34N6O. The van der Waals surface area contributed by atoms with Crippen molar-refractivity contribution in [3.05, 3.63) is 206 Å². The zero-order chi connectivity index (χ0) is 41.4. The molecule has 0 radical (unpaired) electrons. The molecular weight excluding hydrogens is 773 g/mol. The minimum Gasteiger partial charge on any atom is -0.434 e. The zero-order valence-electron chi connectivity index (χ0n) is 33.7. The highest BCUT2D eigenvalue weighted by Crippen LogP contribution is 2.43. The molecule has 7 heteroatoms. The van der Waals surface area contributed by atoms with Crippen LogP contribution in [0.3, 0.4) is 0 Å². The molecule has 9 aromatic carbocycles. The van der Waals surface area contributed by atoms with Crippen LogP contribution in [0.5, 0.6) is 0 Å². The summed E-state index contributed by atoms with van der Waals surface area (Å²) in [7, 11) is 0. The Balaban J connectivity index is 1.06. The molecule has 13 aromatic rings. The Hall–Kier alpha value is -8.68. The maximum absolute atomic E-state index is 6.87. The van der Waals surface area contributed by atoms with Crippen LogP contribution in [-0.2, 0) is 0 Å². The summed E-state index contributed by atoms with van der Waals surface area (Å²) in [5.74, 6) is 2.30. The monoisotopic (exact) mass is 806 g/mol. The van der Waals surface area contributed by atoms with Gasteiger partial charge >= 0.3 is 0 Å². The van der Waals surface area contributed by atoms with Crippen LogP contribution in [0, 0.1) is 0 Å². The van der Waals surface area contributed by atoms with Crippen LogP contribution >= 0.6 is 0 Å². The maximum atomic E-state index is 6.87. The van der Waals surface area contributed by atoms with Crippen LogP contribution in [0.1, 0.15) is 0 Å². The van der Waals surface area contributed by atoms with E-state index < -0.39 is 0 Å². The fraction of sp³-hybridized carbons (Fsp3) is 0. The first-order chi connectivity index (χ1) is 31.2. The van der Waals surface area contributed by atoms with Gasteiger partial charge in [0.05, 0.1) is 27.8 Å². The van der Waals surface area contributed by atoms with Crippen LogP contribution < -0.4 is 0 Å². The second-order valence-corrected chi connectivity index (χ2v) is 15.8. The van der Waals surface area contributed by atoms with Crippen molar-refractivity contribution in [2.75, 3.05) is 0 Å². The molecule has 63 heavy (non-hydrogen) atoms. The van der Waals surface area contributed by atoms with Gasteiger partial charge in [0.25, 0.3) is 0 Å². The number of hydrogen-bond donors (Lipinski definition) is 0. The second kappa shape index (κ2) is 13.9. The van der Waals surface area contributed by atoms with Gasteiger partial charge in [-0.2, -0.15) is 9.97 Å². The van der Waals surface area contributed by atoms with E-state index in [0.717, 1.165) is 77.1 Å². The van der Waals surface area contributed by atoms with Gasteiger partial charge in [0, 0.05) is 38.2 Å². The molecule has 7 nitrogen and oxygen atoms in total. The van der Waals surface area contributed by atoms with E-state index in [1.807, 2.05) is 66.7 Å². The van der Waals surface area contributed by atoms with E-state index in [1.54, 1.807) is 0 Å². The van der Waals surface area contributed by atoms with Crippen molar-refractivity contribution >= 4 is 65.5 Å². The van der Waals surface area contributed by atoms with E-state index in [9.17, 15) is 0 Å². The first kappa shape index (κ1) is 35.1. The Morgan fingerprint density at radius 3 is 1.57 bits per heavy atom. The standard InChI is InChI=1S/C56H34N6O/c1-3-16-37(17-4-1)53-58-54(38-18-5-2-6-19-38)60-56(59-53)62-48-27-12-10-23-43(48)45-34-33-44-42-22-9-11-26-47(42)61(50(44)51(45)62)49-28-14-25-46-52(49)63-55(57-46)39-31-29-36(30-32-39)41-24-13-20-35-15-7-8-21-40(35)41/h1-34H. The Labute approximate surface area is 360 Å². The molecule has 0 spiro atoms. The summed E-state index contributed by atoms with van der Waals surface area (Å²) in [4.78, 5) is 20.7. The van der Waals surface area contributed by atoms with Crippen molar-refractivity contribution in [1.29, 1.82) is 0 Å². The predicted molar refractivity (Wildman–Crippen MR) is 255 cm³/mol. The molecule has 0 atom stereocenters. The fourth-order valence-corrected chi connectivity index (χ4v) is 9.36. The van der Waals surface area contributed by atoms with Crippen molar-refractivity contribution in [3.8, 4) is 57.0 Å². The molecule has 0 saturated carbocycles. The molecule has 294 valence electrons. The molecule has 0 aliphatic carbocycles. The highest BCUT2D eigenvalue weighted by molar-refractivity contribution is 6.24. The van der Waals surface area contributed by atoms with Gasteiger partial charge in [-0.3, -0.25) is 4.57 Å². The van der Waals surface area contributed by atoms with Gasteiger partial charge in [-0.15, -0.1) is 0 Å². The molecule has 0 unspecified atom stereocenters. The molecule has 0 bridgehead atoms. The minimum atomic E-state index is 0.533. The van der Waals surface area contributed by atoms with Gasteiger partial charge < -0.3 is 8.98 Å². The number of rotatable bonds is 6. The van der Waals surface area contributed by atoms with Crippen LogP contribution in [0.4, 0.5) is 0 Å². The Morgan fingerprint density at radius 2 is 0.889 bits per heavy atom. The van der Waals surface area contributed by atoms with Crippen LogP contribution in [-0.4, -0.2) is 29.1 Å². The van der Waals surface area contributed by atoms with E-state index in [1.165, 1.54) is 16.3 Å². The molecule has 0 saturated heterocycles. The highest BCUT2D eigenvalue weighted by Gasteiger charge is 2.25. The van der Waals surface area contributed by atoms with Gasteiger partial charge in [0.2, 0.25) is 11.8 Å². The van der Waals surface area contributed by atoms with Gasteiger partial charge in [-0.05, 0) is 58.3 Å². The third-order valence-electron chi connectivity index (χ3n) is 12.2. The molecule has 0 amide bonds. The summed E-state index contributed by atoms with van der Waals surface area (Å²) in [6, 6.07) is 71.5.